The molecule has 0 atom stereocenters. The minimum atomic E-state index is -4.08. The molecule has 1 aliphatic heterocycles. The largest absolute Gasteiger partial charge is 0.476 e. The van der Waals surface area contributed by atoms with Crippen LogP contribution in [0.2, 0.25) is 0 Å². The van der Waals surface area contributed by atoms with E-state index in [0.29, 0.717) is 24.2 Å². The van der Waals surface area contributed by atoms with Crippen LogP contribution in [-0.2, 0) is 19.6 Å². The Balaban J connectivity index is 1.82. The van der Waals surface area contributed by atoms with Gasteiger partial charge in [0.15, 0.2) is 5.69 Å². The van der Waals surface area contributed by atoms with Gasteiger partial charge in [-0.2, -0.15) is 14.1 Å². The molecule has 1 aliphatic rings. The maximum absolute atomic E-state index is 13.8. The molecular formula is C28H34N4O7S. The molecule has 214 valence electrons. The molecule has 40 heavy (non-hydrogen) atoms. The molecule has 1 amide bonds. The lowest BCUT2D eigenvalue weighted by molar-refractivity contribution is -0.120. The fraction of sp³-hybridized carbons (Fsp3) is 0.393. The molecule has 1 saturated heterocycles. The van der Waals surface area contributed by atoms with Gasteiger partial charge in [-0.15, -0.1) is 0 Å². The lowest BCUT2D eigenvalue weighted by Crippen LogP contribution is -2.40. The first kappa shape index (κ1) is 29.2. The zero-order chi connectivity index (χ0) is 29.0. The number of hydrogen-bond acceptors (Lipinski definition) is 7. The molecule has 0 aliphatic carbocycles. The first-order valence-electron chi connectivity index (χ1n) is 13.2. The molecule has 0 bridgehead atoms. The van der Waals surface area contributed by atoms with E-state index < -0.39 is 16.0 Å². The molecule has 0 saturated carbocycles. The number of aryl methyl sites for hydroxylation is 1. The van der Waals surface area contributed by atoms with Crippen molar-refractivity contribution in [2.24, 2.45) is 5.92 Å². The number of carbonyl (C=O) groups excluding carboxylic acids is 1. The molecule has 1 fully saturated rings. The summed E-state index contributed by atoms with van der Waals surface area (Å²) in [7, 11) is -4.08. The molecule has 4 rings (SSSR count). The number of aromatic carboxylic acids is 1. The first-order chi connectivity index (χ1) is 19.1. The minimum Gasteiger partial charge on any atom is -0.476 e. The number of hydrogen-bond donors (Lipinski definition) is 2. The van der Waals surface area contributed by atoms with Gasteiger partial charge in [0, 0.05) is 30.3 Å². The summed E-state index contributed by atoms with van der Waals surface area (Å²) >= 11 is 0. The molecule has 11 nitrogen and oxygen atoms in total. The summed E-state index contributed by atoms with van der Waals surface area (Å²) in [6, 6.07) is 11.6. The van der Waals surface area contributed by atoms with Gasteiger partial charge >= 0.3 is 5.97 Å². The normalized spacial score (nSPS) is 14.3. The van der Waals surface area contributed by atoms with Gasteiger partial charge in [-0.3, -0.25) is 4.79 Å². The van der Waals surface area contributed by atoms with Crippen LogP contribution in [0.3, 0.4) is 0 Å². The van der Waals surface area contributed by atoms with Crippen molar-refractivity contribution >= 4 is 27.6 Å². The highest BCUT2D eigenvalue weighted by Crippen LogP contribution is 2.37. The average molecular weight is 571 g/mol. The second kappa shape index (κ2) is 12.2. The van der Waals surface area contributed by atoms with Crippen LogP contribution < -0.4 is 10.1 Å². The van der Waals surface area contributed by atoms with E-state index in [4.69, 9.17) is 9.47 Å². The number of ether oxygens (including phenoxy) is 2. The zero-order valence-corrected chi connectivity index (χ0v) is 23.8. The van der Waals surface area contributed by atoms with Crippen molar-refractivity contribution in [1.82, 2.24) is 14.1 Å². The van der Waals surface area contributed by atoms with Gasteiger partial charge in [-0.1, -0.05) is 31.5 Å². The molecule has 12 heteroatoms. The van der Waals surface area contributed by atoms with Gasteiger partial charge in [0.2, 0.25) is 21.8 Å². The molecule has 1 aromatic heterocycles. The van der Waals surface area contributed by atoms with Crippen molar-refractivity contribution in [3.63, 3.8) is 0 Å². The van der Waals surface area contributed by atoms with Gasteiger partial charge in [0.25, 0.3) is 0 Å². The van der Waals surface area contributed by atoms with Crippen molar-refractivity contribution in [3.8, 4) is 17.3 Å². The summed E-state index contributed by atoms with van der Waals surface area (Å²) in [4.78, 5) is 24.5. The van der Waals surface area contributed by atoms with E-state index in [1.807, 2.05) is 32.9 Å². The van der Waals surface area contributed by atoms with E-state index in [2.05, 4.69) is 10.4 Å². The molecule has 0 spiro atoms. The van der Waals surface area contributed by atoms with E-state index in [-0.39, 0.29) is 65.9 Å². The smallest absolute Gasteiger partial charge is 0.356 e. The first-order valence-corrected chi connectivity index (χ1v) is 14.6. The minimum absolute atomic E-state index is 0.0275. The van der Waals surface area contributed by atoms with Gasteiger partial charge < -0.3 is 19.9 Å². The van der Waals surface area contributed by atoms with Crippen LogP contribution in [0.4, 0.5) is 5.69 Å². The van der Waals surface area contributed by atoms with E-state index in [0.717, 1.165) is 5.56 Å². The Morgan fingerprint density at radius 1 is 1.07 bits per heavy atom. The summed E-state index contributed by atoms with van der Waals surface area (Å²) in [5.74, 6) is -1.62. The number of carboxylic acids is 1. The second-order valence-corrected chi connectivity index (χ2v) is 11.5. The Morgan fingerprint density at radius 2 is 1.73 bits per heavy atom. The van der Waals surface area contributed by atoms with Crippen LogP contribution in [0, 0.1) is 19.8 Å². The van der Waals surface area contributed by atoms with Crippen molar-refractivity contribution < 1.29 is 32.6 Å². The monoisotopic (exact) mass is 570 g/mol. The van der Waals surface area contributed by atoms with E-state index >= 15 is 0 Å². The van der Waals surface area contributed by atoms with Crippen LogP contribution in [0.1, 0.15) is 48.3 Å². The number of carboxylic acid groups (broad SMARTS) is 1. The van der Waals surface area contributed by atoms with Crippen LogP contribution in [0.15, 0.2) is 47.4 Å². The van der Waals surface area contributed by atoms with Crippen molar-refractivity contribution in [2.45, 2.75) is 45.4 Å². The highest BCUT2D eigenvalue weighted by atomic mass is 32.2. The number of carbonyl (C=O) groups is 2. The standard InChI is InChI=1S/C28H34N4O7S/c1-5-20(6-2)26(33)29-21-9-12-23(24(17-21)40(36,37)31-13-15-38-16-14-31)39-27-19(4)25(28(34)35)30-32(27)22-10-7-18(3)8-11-22/h7-12,17,20H,5-6,13-16H2,1-4H3,(H,29,33)(H,34,35). The van der Waals surface area contributed by atoms with Crippen LogP contribution in [0.5, 0.6) is 11.6 Å². The number of nitrogens with zero attached hydrogens (tertiary/aromatic N) is 3. The Morgan fingerprint density at radius 3 is 2.33 bits per heavy atom. The zero-order valence-electron chi connectivity index (χ0n) is 23.0. The third-order valence-corrected chi connectivity index (χ3v) is 8.83. The Kier molecular flexibility index (Phi) is 8.92. The Bertz CT molecular complexity index is 1490. The second-order valence-electron chi connectivity index (χ2n) is 9.61. The van der Waals surface area contributed by atoms with Crippen molar-refractivity contribution in [3.05, 3.63) is 59.3 Å². The van der Waals surface area contributed by atoms with Gasteiger partial charge in [0.05, 0.1) is 18.9 Å². The highest BCUT2D eigenvalue weighted by Gasteiger charge is 2.32. The highest BCUT2D eigenvalue weighted by molar-refractivity contribution is 7.89. The molecule has 2 aromatic carbocycles. The Hall–Kier alpha value is -3.74. The lowest BCUT2D eigenvalue weighted by Gasteiger charge is -2.27. The molecule has 2 heterocycles. The summed E-state index contributed by atoms with van der Waals surface area (Å²) < 4.78 is 41.8. The number of amides is 1. The van der Waals surface area contributed by atoms with Gasteiger partial charge in [-0.05, 0) is 57.0 Å². The molecule has 0 radical (unpaired) electrons. The SMILES string of the molecule is CCC(CC)C(=O)Nc1ccc(Oc2c(C)c(C(=O)O)nn2-c2ccc(C)cc2)c(S(=O)(=O)N2CCOCC2)c1. The number of anilines is 1. The van der Waals surface area contributed by atoms with Crippen LogP contribution in [0.25, 0.3) is 5.69 Å². The summed E-state index contributed by atoms with van der Waals surface area (Å²) in [5.41, 5.74) is 1.86. The van der Waals surface area contributed by atoms with Crippen molar-refractivity contribution in [2.75, 3.05) is 31.6 Å². The van der Waals surface area contributed by atoms with Gasteiger partial charge in [0.1, 0.15) is 10.6 Å². The van der Waals surface area contributed by atoms with Gasteiger partial charge in [-0.25, -0.2) is 13.2 Å². The van der Waals surface area contributed by atoms with Crippen molar-refractivity contribution in [1.29, 1.82) is 0 Å². The number of nitrogens with one attached hydrogen (secondary N) is 1. The van der Waals surface area contributed by atoms with Crippen LogP contribution >= 0.6 is 0 Å². The topological polar surface area (TPSA) is 140 Å². The number of rotatable bonds is 10. The summed E-state index contributed by atoms with van der Waals surface area (Å²) in [6.45, 7) is 8.14. The van der Waals surface area contributed by atoms with Crippen LogP contribution in [-0.4, -0.2) is 65.8 Å². The third-order valence-electron chi connectivity index (χ3n) is 6.91. The fourth-order valence-electron chi connectivity index (χ4n) is 4.47. The van der Waals surface area contributed by atoms with E-state index in [1.165, 1.54) is 21.1 Å². The summed E-state index contributed by atoms with van der Waals surface area (Å²) in [5, 5.41) is 16.8. The number of aromatic nitrogens is 2. The fourth-order valence-corrected chi connectivity index (χ4v) is 6.02. The number of benzene rings is 2. The molecule has 3 aromatic rings. The molecule has 2 N–H and O–H groups in total. The predicted octanol–water partition coefficient (Wildman–Crippen LogP) is 4.38. The third kappa shape index (κ3) is 6.03. The lowest BCUT2D eigenvalue weighted by atomic mass is 10.0. The number of morpholine rings is 1. The number of sulfonamides is 1. The summed E-state index contributed by atoms with van der Waals surface area (Å²) in [6.07, 6.45) is 1.30. The maximum Gasteiger partial charge on any atom is 0.356 e. The molecular weight excluding hydrogens is 536 g/mol. The molecule has 0 unspecified atom stereocenters. The quantitative estimate of drug-likeness (QED) is 0.366. The average Bonchev–Trinajstić information content (AvgIpc) is 3.27. The van der Waals surface area contributed by atoms with E-state index in [9.17, 15) is 23.1 Å². The van der Waals surface area contributed by atoms with E-state index in [1.54, 1.807) is 25.1 Å². The predicted molar refractivity (Wildman–Crippen MR) is 149 cm³/mol. The Labute approximate surface area is 233 Å². The maximum atomic E-state index is 13.8.